The third kappa shape index (κ3) is 1.80. The average molecular weight is 320 g/mol. The molecule has 14 heavy (non-hydrogen) atoms. The lowest BCUT2D eigenvalue weighted by Gasteiger charge is -2.22. The van der Waals surface area contributed by atoms with Gasteiger partial charge in [-0.3, -0.25) is 0 Å². The largest absolute Gasteiger partial charge is 0.242 e. The predicted molar refractivity (Wildman–Crippen MR) is 64.4 cm³/mol. The summed E-state index contributed by atoms with van der Waals surface area (Å²) in [4.78, 5) is 0. The Morgan fingerprint density at radius 2 is 2.00 bits per heavy atom. The Bertz CT molecular complexity index is 381. The second kappa shape index (κ2) is 4.15. The summed E-state index contributed by atoms with van der Waals surface area (Å²) in [5.74, 6) is 0. The molecular weight excluding hydrogens is 311 g/mol. The lowest BCUT2D eigenvalue weighted by atomic mass is 9.87. The summed E-state index contributed by atoms with van der Waals surface area (Å²) in [6.45, 7) is 0. The highest BCUT2D eigenvalue weighted by Crippen LogP contribution is 2.38. The van der Waals surface area contributed by atoms with Gasteiger partial charge in [0.2, 0.25) is 0 Å². The normalized spacial score (nSPS) is 20.5. The Hall–Kier alpha value is -0.150. The highest BCUT2D eigenvalue weighted by atomic mass is 79.9. The first-order valence-corrected chi connectivity index (χ1v) is 6.06. The van der Waals surface area contributed by atoms with Crippen LogP contribution in [0.3, 0.4) is 0 Å². The van der Waals surface area contributed by atoms with E-state index in [9.17, 15) is 4.39 Å². The molecule has 0 N–H and O–H groups in total. The van der Waals surface area contributed by atoms with Crippen LogP contribution < -0.4 is 0 Å². The first-order chi connectivity index (χ1) is 6.70. The third-order valence-corrected chi connectivity index (χ3v) is 3.35. The molecule has 0 bridgehead atoms. The smallest absolute Gasteiger partial charge is 0.128 e. The van der Waals surface area contributed by atoms with E-state index in [1.165, 1.54) is 5.56 Å². The van der Waals surface area contributed by atoms with Crippen LogP contribution in [0.25, 0.3) is 5.57 Å². The molecule has 0 heterocycles. The van der Waals surface area contributed by atoms with Crippen molar-refractivity contribution in [2.45, 2.75) is 19.0 Å². The summed E-state index contributed by atoms with van der Waals surface area (Å²) in [5.41, 5.74) is 3.00. The van der Waals surface area contributed by atoms with Crippen LogP contribution in [0, 0.1) is 0 Å². The van der Waals surface area contributed by atoms with Crippen molar-refractivity contribution in [3.8, 4) is 0 Å². The fraction of sp³-hybridized carbons (Fsp3) is 0.273. The molecule has 1 aromatic rings. The van der Waals surface area contributed by atoms with Crippen LogP contribution in [0.15, 0.2) is 27.7 Å². The molecule has 0 saturated heterocycles. The Morgan fingerprint density at radius 3 is 2.71 bits per heavy atom. The number of hydrogen-bond acceptors (Lipinski definition) is 0. The van der Waals surface area contributed by atoms with E-state index in [0.717, 1.165) is 20.9 Å². The maximum atomic E-state index is 13.7. The molecule has 1 aliphatic rings. The van der Waals surface area contributed by atoms with Crippen molar-refractivity contribution >= 4 is 37.4 Å². The first-order valence-electron chi connectivity index (χ1n) is 4.47. The molecule has 1 unspecified atom stereocenters. The summed E-state index contributed by atoms with van der Waals surface area (Å²) in [7, 11) is 0. The van der Waals surface area contributed by atoms with E-state index in [1.54, 1.807) is 0 Å². The SMILES string of the molecule is FC1CCc2ccccc2C1=C(Br)Br. The van der Waals surface area contributed by atoms with E-state index in [-0.39, 0.29) is 0 Å². The van der Waals surface area contributed by atoms with Crippen LogP contribution in [0.2, 0.25) is 0 Å². The lowest BCUT2D eigenvalue weighted by Crippen LogP contribution is -2.13. The Balaban J connectivity index is 2.58. The van der Waals surface area contributed by atoms with Gasteiger partial charge in [-0.2, -0.15) is 0 Å². The quantitative estimate of drug-likeness (QED) is 0.663. The van der Waals surface area contributed by atoms with Crippen LogP contribution in [0.5, 0.6) is 0 Å². The van der Waals surface area contributed by atoms with Crippen molar-refractivity contribution < 1.29 is 4.39 Å². The molecule has 0 spiro atoms. The minimum atomic E-state index is -0.862. The molecular formula is C11H9Br2F. The molecule has 1 aliphatic carbocycles. The minimum Gasteiger partial charge on any atom is -0.242 e. The second-order valence-corrected chi connectivity index (χ2v) is 5.99. The van der Waals surface area contributed by atoms with Crippen molar-refractivity contribution in [1.82, 2.24) is 0 Å². The monoisotopic (exact) mass is 318 g/mol. The van der Waals surface area contributed by atoms with E-state index in [0.29, 0.717) is 6.42 Å². The molecule has 0 aromatic heterocycles. The number of alkyl halides is 1. The highest BCUT2D eigenvalue weighted by molar-refractivity contribution is 9.28. The number of rotatable bonds is 0. The molecule has 2 rings (SSSR count). The number of aryl methyl sites for hydroxylation is 1. The van der Waals surface area contributed by atoms with Crippen LogP contribution in [-0.2, 0) is 6.42 Å². The van der Waals surface area contributed by atoms with Gasteiger partial charge >= 0.3 is 0 Å². The molecule has 3 heteroatoms. The van der Waals surface area contributed by atoms with Gasteiger partial charge in [-0.1, -0.05) is 24.3 Å². The van der Waals surface area contributed by atoms with Crippen LogP contribution in [0.4, 0.5) is 4.39 Å². The molecule has 0 fully saturated rings. The zero-order valence-electron chi connectivity index (χ0n) is 7.43. The highest BCUT2D eigenvalue weighted by Gasteiger charge is 2.24. The van der Waals surface area contributed by atoms with Gasteiger partial charge in [0.15, 0.2) is 0 Å². The molecule has 0 radical (unpaired) electrons. The van der Waals surface area contributed by atoms with Gasteiger partial charge in [0.05, 0.1) is 3.39 Å². The molecule has 0 nitrogen and oxygen atoms in total. The van der Waals surface area contributed by atoms with Gasteiger partial charge in [-0.05, 0) is 55.8 Å². The van der Waals surface area contributed by atoms with Gasteiger partial charge in [-0.15, -0.1) is 0 Å². The topological polar surface area (TPSA) is 0 Å². The molecule has 74 valence electrons. The van der Waals surface area contributed by atoms with E-state index in [1.807, 2.05) is 18.2 Å². The maximum absolute atomic E-state index is 13.7. The van der Waals surface area contributed by atoms with Crippen molar-refractivity contribution in [2.75, 3.05) is 0 Å². The fourth-order valence-corrected chi connectivity index (χ4v) is 2.74. The molecule has 0 aliphatic heterocycles. The Kier molecular flexibility index (Phi) is 3.07. The van der Waals surface area contributed by atoms with Crippen LogP contribution >= 0.6 is 31.9 Å². The lowest BCUT2D eigenvalue weighted by molar-refractivity contribution is 0.383. The third-order valence-electron chi connectivity index (χ3n) is 2.49. The minimum absolute atomic E-state index is 0.576. The van der Waals surface area contributed by atoms with E-state index < -0.39 is 6.17 Å². The van der Waals surface area contributed by atoms with Crippen molar-refractivity contribution in [2.24, 2.45) is 0 Å². The van der Waals surface area contributed by atoms with Crippen molar-refractivity contribution in [1.29, 1.82) is 0 Å². The van der Waals surface area contributed by atoms with Gasteiger partial charge in [0.1, 0.15) is 6.17 Å². The maximum Gasteiger partial charge on any atom is 0.128 e. The molecule has 0 amide bonds. The van der Waals surface area contributed by atoms with Crippen LogP contribution in [0.1, 0.15) is 17.5 Å². The summed E-state index contributed by atoms with van der Waals surface area (Å²) >= 11 is 6.60. The Morgan fingerprint density at radius 1 is 1.29 bits per heavy atom. The van der Waals surface area contributed by atoms with Crippen molar-refractivity contribution in [3.63, 3.8) is 0 Å². The van der Waals surface area contributed by atoms with E-state index >= 15 is 0 Å². The average Bonchev–Trinajstić information content (AvgIpc) is 2.17. The summed E-state index contributed by atoms with van der Waals surface area (Å²) in [6, 6.07) is 7.97. The van der Waals surface area contributed by atoms with E-state index in [2.05, 4.69) is 37.9 Å². The van der Waals surface area contributed by atoms with E-state index in [4.69, 9.17) is 0 Å². The second-order valence-electron chi connectivity index (χ2n) is 3.34. The summed E-state index contributed by atoms with van der Waals surface area (Å²) in [6.07, 6.45) is 0.542. The summed E-state index contributed by atoms with van der Waals surface area (Å²) in [5, 5.41) is 0. The zero-order chi connectivity index (χ0) is 10.1. The van der Waals surface area contributed by atoms with Gasteiger partial charge in [-0.25, -0.2) is 4.39 Å². The predicted octanol–water partition coefficient (Wildman–Crippen LogP) is 4.43. The number of benzene rings is 1. The number of allylic oxidation sites excluding steroid dienone is 1. The number of halogens is 3. The zero-order valence-corrected chi connectivity index (χ0v) is 10.6. The van der Waals surface area contributed by atoms with Crippen molar-refractivity contribution in [3.05, 3.63) is 38.8 Å². The summed E-state index contributed by atoms with van der Waals surface area (Å²) < 4.78 is 14.4. The number of fused-ring (bicyclic) bond motifs is 1. The first kappa shape index (κ1) is 10.4. The van der Waals surface area contributed by atoms with Crippen LogP contribution in [-0.4, -0.2) is 6.17 Å². The van der Waals surface area contributed by atoms with Gasteiger partial charge < -0.3 is 0 Å². The molecule has 1 aromatic carbocycles. The molecule has 0 saturated carbocycles. The number of hydrogen-bond donors (Lipinski definition) is 0. The van der Waals surface area contributed by atoms with Gasteiger partial charge in [0, 0.05) is 5.57 Å². The molecule has 1 atom stereocenters. The van der Waals surface area contributed by atoms with Gasteiger partial charge in [0.25, 0.3) is 0 Å². The Labute approximate surface area is 99.5 Å². The standard InChI is InChI=1S/C11H9Br2F/c12-11(13)10-8-4-2-1-3-7(8)5-6-9(10)14/h1-4,9H,5-6H2. The fourth-order valence-electron chi connectivity index (χ4n) is 1.82.